The maximum absolute atomic E-state index is 13.6. The van der Waals surface area contributed by atoms with Crippen LogP contribution in [0, 0.1) is 5.82 Å². The topological polar surface area (TPSA) is 38.0 Å². The van der Waals surface area contributed by atoms with Gasteiger partial charge in [0.2, 0.25) is 0 Å². The van der Waals surface area contributed by atoms with E-state index in [1.54, 1.807) is 12.1 Å². The Morgan fingerprint density at radius 3 is 2.29 bits per heavy atom. The largest absolute Gasteiger partial charge is 0.399 e. The van der Waals surface area contributed by atoms with E-state index in [0.29, 0.717) is 11.4 Å². The number of halogens is 3. The first-order chi connectivity index (χ1) is 8.08. The van der Waals surface area contributed by atoms with Crippen LogP contribution in [-0.2, 0) is 0 Å². The van der Waals surface area contributed by atoms with Crippen molar-refractivity contribution in [1.82, 2.24) is 0 Å². The predicted molar refractivity (Wildman–Crippen MR) is 75.9 cm³/mol. The van der Waals surface area contributed by atoms with Crippen molar-refractivity contribution in [3.8, 4) is 0 Å². The Bertz CT molecular complexity index is 538. The van der Waals surface area contributed by atoms with Gasteiger partial charge < -0.3 is 11.1 Å². The molecule has 0 bridgehead atoms. The lowest BCUT2D eigenvalue weighted by molar-refractivity contribution is 0.632. The average Bonchev–Trinajstić information content (AvgIpc) is 2.26. The van der Waals surface area contributed by atoms with Gasteiger partial charge in [-0.1, -0.05) is 6.07 Å². The van der Waals surface area contributed by atoms with Crippen LogP contribution in [0.3, 0.4) is 0 Å². The SMILES string of the molecule is Nc1ccc(Nc2c(Br)cccc2Br)c(F)c1. The second kappa shape index (κ2) is 5.06. The van der Waals surface area contributed by atoms with Gasteiger partial charge in [-0.2, -0.15) is 0 Å². The van der Waals surface area contributed by atoms with Crippen molar-refractivity contribution in [3.05, 3.63) is 51.2 Å². The number of benzene rings is 2. The highest BCUT2D eigenvalue weighted by atomic mass is 79.9. The van der Waals surface area contributed by atoms with E-state index in [1.807, 2.05) is 18.2 Å². The summed E-state index contributed by atoms with van der Waals surface area (Å²) in [5.41, 5.74) is 7.05. The third-order valence-electron chi connectivity index (χ3n) is 2.22. The van der Waals surface area contributed by atoms with Crippen LogP contribution in [0.1, 0.15) is 0 Å². The van der Waals surface area contributed by atoms with Crippen molar-refractivity contribution < 1.29 is 4.39 Å². The summed E-state index contributed by atoms with van der Waals surface area (Å²) in [7, 11) is 0. The van der Waals surface area contributed by atoms with Crippen LogP contribution < -0.4 is 11.1 Å². The molecule has 0 aliphatic carbocycles. The number of nitrogen functional groups attached to an aromatic ring is 1. The van der Waals surface area contributed by atoms with Crippen LogP contribution >= 0.6 is 31.9 Å². The zero-order chi connectivity index (χ0) is 12.4. The van der Waals surface area contributed by atoms with E-state index >= 15 is 0 Å². The molecule has 2 aromatic rings. The fraction of sp³-hybridized carbons (Fsp3) is 0. The number of nitrogens with one attached hydrogen (secondary N) is 1. The molecule has 0 aromatic heterocycles. The molecule has 0 heterocycles. The molecular formula is C12H9Br2FN2. The number of rotatable bonds is 2. The van der Waals surface area contributed by atoms with Crippen LogP contribution in [0.25, 0.3) is 0 Å². The van der Waals surface area contributed by atoms with Crippen molar-refractivity contribution in [2.24, 2.45) is 0 Å². The van der Waals surface area contributed by atoms with Gasteiger partial charge in [0.05, 0.1) is 11.4 Å². The summed E-state index contributed by atoms with van der Waals surface area (Å²) >= 11 is 6.81. The number of para-hydroxylation sites is 1. The molecular weight excluding hydrogens is 351 g/mol. The van der Waals surface area contributed by atoms with E-state index in [0.717, 1.165) is 14.6 Å². The summed E-state index contributed by atoms with van der Waals surface area (Å²) in [6, 6.07) is 10.2. The number of hydrogen-bond acceptors (Lipinski definition) is 2. The Morgan fingerprint density at radius 1 is 1.06 bits per heavy atom. The Morgan fingerprint density at radius 2 is 1.71 bits per heavy atom. The minimum absolute atomic E-state index is 0.381. The van der Waals surface area contributed by atoms with Crippen LogP contribution in [0.5, 0.6) is 0 Å². The molecule has 2 aromatic carbocycles. The first kappa shape index (κ1) is 12.4. The van der Waals surface area contributed by atoms with Crippen LogP contribution in [0.4, 0.5) is 21.5 Å². The van der Waals surface area contributed by atoms with Gasteiger partial charge >= 0.3 is 0 Å². The molecule has 2 rings (SSSR count). The van der Waals surface area contributed by atoms with Crippen molar-refractivity contribution in [1.29, 1.82) is 0 Å². The standard InChI is InChI=1S/C12H9Br2FN2/c13-8-2-1-3-9(14)12(8)17-11-5-4-7(16)6-10(11)15/h1-6,17H,16H2. The zero-order valence-corrected chi connectivity index (χ0v) is 11.8. The Labute approximate surface area is 115 Å². The molecule has 0 radical (unpaired) electrons. The number of nitrogens with two attached hydrogens (primary N) is 1. The molecule has 0 aliphatic heterocycles. The Hall–Kier alpha value is -1.07. The highest BCUT2D eigenvalue weighted by molar-refractivity contribution is 9.11. The van der Waals surface area contributed by atoms with Crippen LogP contribution in [0.15, 0.2) is 45.3 Å². The molecule has 17 heavy (non-hydrogen) atoms. The van der Waals surface area contributed by atoms with Gasteiger partial charge in [0.15, 0.2) is 0 Å². The van der Waals surface area contributed by atoms with Crippen molar-refractivity contribution >= 4 is 48.9 Å². The first-order valence-electron chi connectivity index (χ1n) is 4.84. The summed E-state index contributed by atoms with van der Waals surface area (Å²) < 4.78 is 15.3. The highest BCUT2D eigenvalue weighted by Crippen LogP contribution is 2.34. The number of hydrogen-bond donors (Lipinski definition) is 2. The van der Waals surface area contributed by atoms with Gasteiger partial charge in [-0.15, -0.1) is 0 Å². The van der Waals surface area contributed by atoms with E-state index in [2.05, 4.69) is 37.2 Å². The van der Waals surface area contributed by atoms with Gasteiger partial charge in [-0.3, -0.25) is 0 Å². The highest BCUT2D eigenvalue weighted by Gasteiger charge is 2.08. The second-order valence-corrected chi connectivity index (χ2v) is 5.17. The Balaban J connectivity index is 2.38. The van der Waals surface area contributed by atoms with E-state index in [4.69, 9.17) is 5.73 Å². The third-order valence-corrected chi connectivity index (χ3v) is 3.54. The third kappa shape index (κ3) is 2.79. The van der Waals surface area contributed by atoms with Gasteiger partial charge in [-0.25, -0.2) is 4.39 Å². The van der Waals surface area contributed by atoms with Crippen molar-refractivity contribution in [2.45, 2.75) is 0 Å². The summed E-state index contributed by atoms with van der Waals surface area (Å²) in [6.07, 6.45) is 0. The second-order valence-electron chi connectivity index (χ2n) is 3.46. The predicted octanol–water partition coefficient (Wildman–Crippen LogP) is 4.68. The average molecular weight is 360 g/mol. The zero-order valence-electron chi connectivity index (χ0n) is 8.68. The molecule has 0 fully saturated rings. The van der Waals surface area contributed by atoms with Crippen LogP contribution in [0.2, 0.25) is 0 Å². The van der Waals surface area contributed by atoms with Gasteiger partial charge in [0, 0.05) is 14.6 Å². The number of anilines is 3. The normalized spacial score (nSPS) is 10.3. The first-order valence-corrected chi connectivity index (χ1v) is 6.42. The molecule has 0 amide bonds. The van der Waals surface area contributed by atoms with Crippen molar-refractivity contribution in [2.75, 3.05) is 11.1 Å². The van der Waals surface area contributed by atoms with E-state index in [9.17, 15) is 4.39 Å². The maximum atomic E-state index is 13.6. The smallest absolute Gasteiger partial charge is 0.148 e. The molecule has 0 saturated carbocycles. The van der Waals surface area contributed by atoms with Gasteiger partial charge in [0.25, 0.3) is 0 Å². The van der Waals surface area contributed by atoms with E-state index in [1.165, 1.54) is 6.07 Å². The molecule has 0 atom stereocenters. The Kier molecular flexibility index (Phi) is 3.69. The summed E-state index contributed by atoms with van der Waals surface area (Å²) in [6.45, 7) is 0. The summed E-state index contributed by atoms with van der Waals surface area (Å²) in [5.74, 6) is -0.382. The minimum atomic E-state index is -0.382. The van der Waals surface area contributed by atoms with Crippen molar-refractivity contribution in [3.63, 3.8) is 0 Å². The molecule has 3 N–H and O–H groups in total. The minimum Gasteiger partial charge on any atom is -0.399 e. The lowest BCUT2D eigenvalue weighted by Gasteiger charge is -2.11. The summed E-state index contributed by atoms with van der Waals surface area (Å²) in [5, 5.41) is 3.01. The molecule has 0 aliphatic rings. The molecule has 0 saturated heterocycles. The van der Waals surface area contributed by atoms with E-state index < -0.39 is 0 Å². The van der Waals surface area contributed by atoms with Gasteiger partial charge in [-0.05, 0) is 62.2 Å². The molecule has 88 valence electrons. The monoisotopic (exact) mass is 358 g/mol. The molecule has 0 spiro atoms. The summed E-state index contributed by atoms with van der Waals surface area (Å²) in [4.78, 5) is 0. The quantitative estimate of drug-likeness (QED) is 0.764. The lowest BCUT2D eigenvalue weighted by atomic mass is 10.2. The molecule has 0 unspecified atom stereocenters. The van der Waals surface area contributed by atoms with Gasteiger partial charge in [0.1, 0.15) is 5.82 Å². The fourth-order valence-corrected chi connectivity index (χ4v) is 2.58. The van der Waals surface area contributed by atoms with E-state index in [-0.39, 0.29) is 5.82 Å². The van der Waals surface area contributed by atoms with Crippen LogP contribution in [-0.4, -0.2) is 0 Å². The lowest BCUT2D eigenvalue weighted by Crippen LogP contribution is -1.97. The fourth-order valence-electron chi connectivity index (χ4n) is 1.38. The molecule has 5 heteroatoms. The molecule has 2 nitrogen and oxygen atoms in total. The maximum Gasteiger partial charge on any atom is 0.148 e.